The van der Waals surface area contributed by atoms with Crippen LogP contribution in [0.2, 0.25) is 0 Å². The molecule has 2 N–H and O–H groups in total. The van der Waals surface area contributed by atoms with Crippen molar-refractivity contribution in [2.24, 2.45) is 0 Å². The van der Waals surface area contributed by atoms with Crippen molar-refractivity contribution in [2.45, 2.75) is 11.5 Å². The third-order valence-electron chi connectivity index (χ3n) is 1.39. The number of pyridine rings is 1. The summed E-state index contributed by atoms with van der Waals surface area (Å²) in [6, 6.07) is 2.64. The molecule has 0 bridgehead atoms. The minimum atomic E-state index is -4.48. The molecule has 2 nitrogen and oxygen atoms in total. The highest BCUT2D eigenvalue weighted by Gasteiger charge is 2.35. The summed E-state index contributed by atoms with van der Waals surface area (Å²) in [6.45, 7) is 0. The quantitative estimate of drug-likeness (QED) is 0.783. The fraction of sp³-hybridized carbons (Fsp3) is 0.286. The predicted octanol–water partition coefficient (Wildman–Crippen LogP) is 2.58. The molecule has 72 valence electrons. The lowest BCUT2D eigenvalue weighted by Crippen LogP contribution is -2.12. The maximum absolute atomic E-state index is 12.2. The number of halogens is 4. The van der Waals surface area contributed by atoms with Crippen LogP contribution >= 0.6 is 15.9 Å². The fourth-order valence-corrected chi connectivity index (χ4v) is 1.12. The molecule has 0 saturated heterocycles. The Bertz CT molecular complexity index is 311. The molecule has 1 heterocycles. The van der Waals surface area contributed by atoms with E-state index in [9.17, 15) is 13.2 Å². The van der Waals surface area contributed by atoms with Gasteiger partial charge in [-0.25, -0.2) is 4.98 Å². The molecule has 0 fully saturated rings. The van der Waals surface area contributed by atoms with E-state index in [4.69, 9.17) is 5.73 Å². The monoisotopic (exact) mass is 254 g/mol. The predicted molar refractivity (Wildman–Crippen MR) is 46.3 cm³/mol. The Hall–Kier alpha value is -0.780. The van der Waals surface area contributed by atoms with Crippen molar-refractivity contribution in [1.29, 1.82) is 0 Å². The molecule has 0 aliphatic carbocycles. The zero-order valence-electron chi connectivity index (χ0n) is 6.40. The van der Waals surface area contributed by atoms with Crippen molar-refractivity contribution >= 4 is 21.6 Å². The Morgan fingerprint density at radius 2 is 2.00 bits per heavy atom. The maximum atomic E-state index is 12.2. The third-order valence-corrected chi connectivity index (χ3v) is 1.96. The molecule has 1 rings (SSSR count). The van der Waals surface area contributed by atoms with Crippen LogP contribution in [0.1, 0.15) is 11.4 Å². The van der Waals surface area contributed by atoms with Gasteiger partial charge in [0.2, 0.25) is 0 Å². The Morgan fingerprint density at radius 3 is 2.46 bits per heavy atom. The lowest BCUT2D eigenvalue weighted by Gasteiger charge is -2.09. The molecule has 0 atom stereocenters. The summed E-state index contributed by atoms with van der Waals surface area (Å²) >= 11 is 3.01. The Kier molecular flexibility index (Phi) is 2.80. The normalized spacial score (nSPS) is 11.7. The zero-order chi connectivity index (χ0) is 10.1. The second-order valence-corrected chi connectivity index (χ2v) is 2.93. The Morgan fingerprint density at radius 1 is 1.38 bits per heavy atom. The minimum Gasteiger partial charge on any atom is -0.397 e. The summed E-state index contributed by atoms with van der Waals surface area (Å²) in [5, 5.41) is 0.274. The van der Waals surface area contributed by atoms with Crippen LogP contribution < -0.4 is 5.73 Å². The summed E-state index contributed by atoms with van der Waals surface area (Å²) in [6.07, 6.45) is -4.48. The molecule has 6 heteroatoms. The minimum absolute atomic E-state index is 0.274. The van der Waals surface area contributed by atoms with Crippen molar-refractivity contribution in [3.8, 4) is 0 Å². The second kappa shape index (κ2) is 3.53. The molecule has 13 heavy (non-hydrogen) atoms. The Balaban J connectivity index is 3.19. The van der Waals surface area contributed by atoms with Gasteiger partial charge in [-0.1, -0.05) is 15.9 Å². The molecule has 1 aromatic rings. The highest BCUT2D eigenvalue weighted by atomic mass is 79.9. The highest BCUT2D eigenvalue weighted by Crippen LogP contribution is 2.31. The molecule has 0 spiro atoms. The van der Waals surface area contributed by atoms with Crippen LogP contribution in [0.4, 0.5) is 18.9 Å². The number of nitrogens with two attached hydrogens (primary N) is 1. The number of rotatable bonds is 1. The van der Waals surface area contributed by atoms with Gasteiger partial charge < -0.3 is 5.73 Å². The summed E-state index contributed by atoms with van der Waals surface area (Å²) in [5.41, 5.74) is 4.07. The van der Waals surface area contributed by atoms with E-state index in [0.717, 1.165) is 0 Å². The topological polar surface area (TPSA) is 38.9 Å². The van der Waals surface area contributed by atoms with Gasteiger partial charge in [0.1, 0.15) is 0 Å². The number of anilines is 1. The van der Waals surface area contributed by atoms with E-state index in [1.165, 1.54) is 12.1 Å². The summed E-state index contributed by atoms with van der Waals surface area (Å²) < 4.78 is 36.6. The van der Waals surface area contributed by atoms with E-state index in [0.29, 0.717) is 5.69 Å². The average molecular weight is 255 g/mol. The van der Waals surface area contributed by atoms with Crippen LogP contribution in [0.15, 0.2) is 12.1 Å². The number of alkyl halides is 4. The van der Waals surface area contributed by atoms with Gasteiger partial charge >= 0.3 is 6.18 Å². The van der Waals surface area contributed by atoms with Crippen molar-refractivity contribution in [2.75, 3.05) is 5.73 Å². The largest absolute Gasteiger partial charge is 0.435 e. The molecule has 0 unspecified atom stereocenters. The standard InChI is InChI=1S/C7H6BrF3N2/c8-3-4-1-2-5(12)6(13-4)7(9,10)11/h1-2H,3,12H2. The SMILES string of the molecule is Nc1ccc(CBr)nc1C(F)(F)F. The number of nitrogens with zero attached hydrogens (tertiary/aromatic N) is 1. The molecule has 0 aromatic carbocycles. The van der Waals surface area contributed by atoms with Crippen LogP contribution in [0, 0.1) is 0 Å². The summed E-state index contributed by atoms with van der Waals surface area (Å²) in [5.74, 6) is 0. The molecule has 0 radical (unpaired) electrons. The molecule has 0 saturated carbocycles. The molecular weight excluding hydrogens is 249 g/mol. The van der Waals surface area contributed by atoms with E-state index in [1.54, 1.807) is 0 Å². The van der Waals surface area contributed by atoms with Crippen molar-refractivity contribution in [1.82, 2.24) is 4.98 Å². The number of aromatic nitrogens is 1. The smallest absolute Gasteiger partial charge is 0.397 e. The fourth-order valence-electron chi connectivity index (χ4n) is 0.812. The van der Waals surface area contributed by atoms with Crippen molar-refractivity contribution in [3.05, 3.63) is 23.5 Å². The van der Waals surface area contributed by atoms with Gasteiger partial charge in [0.25, 0.3) is 0 Å². The van der Waals surface area contributed by atoms with Crippen LogP contribution in [0.5, 0.6) is 0 Å². The average Bonchev–Trinajstić information content (AvgIpc) is 2.03. The number of hydrogen-bond acceptors (Lipinski definition) is 2. The van der Waals surface area contributed by atoms with Gasteiger partial charge in [-0.15, -0.1) is 0 Å². The second-order valence-electron chi connectivity index (χ2n) is 2.37. The van der Waals surface area contributed by atoms with E-state index in [2.05, 4.69) is 20.9 Å². The first kappa shape index (κ1) is 10.3. The zero-order valence-corrected chi connectivity index (χ0v) is 7.98. The summed E-state index contributed by atoms with van der Waals surface area (Å²) in [4.78, 5) is 3.37. The third kappa shape index (κ3) is 2.33. The van der Waals surface area contributed by atoms with Gasteiger partial charge in [0.15, 0.2) is 5.69 Å². The van der Waals surface area contributed by atoms with Gasteiger partial charge in [-0.2, -0.15) is 13.2 Å². The highest BCUT2D eigenvalue weighted by molar-refractivity contribution is 9.08. The lowest BCUT2D eigenvalue weighted by atomic mass is 10.2. The van der Waals surface area contributed by atoms with E-state index in [1.807, 2.05) is 0 Å². The van der Waals surface area contributed by atoms with Gasteiger partial charge in [-0.05, 0) is 12.1 Å². The van der Waals surface area contributed by atoms with Crippen LogP contribution in [0.25, 0.3) is 0 Å². The first-order valence-corrected chi connectivity index (χ1v) is 4.46. The Labute approximate surface area is 81.1 Å². The molecule has 0 aliphatic rings. The molecule has 1 aromatic heterocycles. The van der Waals surface area contributed by atoms with E-state index >= 15 is 0 Å². The van der Waals surface area contributed by atoms with E-state index < -0.39 is 11.9 Å². The number of nitrogen functional groups attached to an aromatic ring is 1. The van der Waals surface area contributed by atoms with Gasteiger partial charge in [0, 0.05) is 5.33 Å². The summed E-state index contributed by atoms with van der Waals surface area (Å²) in [7, 11) is 0. The number of hydrogen-bond donors (Lipinski definition) is 1. The molecule has 0 aliphatic heterocycles. The first-order chi connectivity index (χ1) is 5.95. The van der Waals surface area contributed by atoms with E-state index in [-0.39, 0.29) is 11.0 Å². The van der Waals surface area contributed by atoms with Crippen molar-refractivity contribution in [3.63, 3.8) is 0 Å². The van der Waals surface area contributed by atoms with Crippen LogP contribution in [0.3, 0.4) is 0 Å². The molecular formula is C7H6BrF3N2. The van der Waals surface area contributed by atoms with Crippen LogP contribution in [-0.4, -0.2) is 4.98 Å². The van der Waals surface area contributed by atoms with Crippen LogP contribution in [-0.2, 0) is 11.5 Å². The van der Waals surface area contributed by atoms with Gasteiger partial charge in [0.05, 0.1) is 11.4 Å². The van der Waals surface area contributed by atoms with Gasteiger partial charge in [-0.3, -0.25) is 0 Å². The molecule has 0 amide bonds. The first-order valence-electron chi connectivity index (χ1n) is 3.33. The maximum Gasteiger partial charge on any atom is 0.435 e. The lowest BCUT2D eigenvalue weighted by molar-refractivity contribution is -0.140. The van der Waals surface area contributed by atoms with Crippen molar-refractivity contribution < 1.29 is 13.2 Å².